The summed E-state index contributed by atoms with van der Waals surface area (Å²) < 4.78 is 59.9. The number of aliphatic hydroxyl groups is 1. The van der Waals surface area contributed by atoms with Gasteiger partial charge in [-0.2, -0.15) is 8.78 Å². The van der Waals surface area contributed by atoms with E-state index >= 15 is 13.2 Å². The largest absolute Gasteiger partial charge is 0.383 e. The van der Waals surface area contributed by atoms with Crippen molar-refractivity contribution in [1.29, 1.82) is 0 Å². The highest BCUT2D eigenvalue weighted by Gasteiger charge is 2.57. The molecular formula is C27H32F3N4O2P. The molecule has 10 heteroatoms. The zero-order valence-corrected chi connectivity index (χ0v) is 22.2. The van der Waals surface area contributed by atoms with Gasteiger partial charge in [0, 0.05) is 23.3 Å². The van der Waals surface area contributed by atoms with Crippen LogP contribution in [0.2, 0.25) is 0 Å². The van der Waals surface area contributed by atoms with Gasteiger partial charge in [0.1, 0.15) is 35.6 Å². The smallest absolute Gasteiger partial charge is 0.304 e. The van der Waals surface area contributed by atoms with Crippen LogP contribution in [0.15, 0.2) is 30.5 Å². The maximum atomic E-state index is 15.6. The Morgan fingerprint density at radius 1 is 1.16 bits per heavy atom. The monoisotopic (exact) mass is 532 g/mol. The molecule has 3 aromatic rings. The molecule has 198 valence electrons. The summed E-state index contributed by atoms with van der Waals surface area (Å²) >= 11 is 0. The summed E-state index contributed by atoms with van der Waals surface area (Å²) in [7, 11) is -2.57. The number of benzene rings is 1. The van der Waals surface area contributed by atoms with E-state index in [0.29, 0.717) is 53.1 Å². The van der Waals surface area contributed by atoms with Gasteiger partial charge in [0.2, 0.25) is 0 Å². The molecule has 37 heavy (non-hydrogen) atoms. The molecule has 5 rings (SSSR count). The van der Waals surface area contributed by atoms with Crippen LogP contribution in [0.25, 0.3) is 10.9 Å². The van der Waals surface area contributed by atoms with Gasteiger partial charge >= 0.3 is 5.92 Å². The van der Waals surface area contributed by atoms with Crippen molar-refractivity contribution in [3.05, 3.63) is 53.2 Å². The van der Waals surface area contributed by atoms with Crippen molar-refractivity contribution in [2.75, 3.05) is 17.6 Å². The summed E-state index contributed by atoms with van der Waals surface area (Å²) in [5.41, 5.74) is -2.04. The molecule has 2 aliphatic rings. The van der Waals surface area contributed by atoms with Gasteiger partial charge < -0.3 is 15.0 Å². The molecule has 2 aromatic heterocycles. The van der Waals surface area contributed by atoms with E-state index in [9.17, 15) is 9.67 Å². The van der Waals surface area contributed by atoms with E-state index in [2.05, 4.69) is 20.3 Å². The quantitative estimate of drug-likeness (QED) is 0.359. The molecule has 3 heterocycles. The van der Waals surface area contributed by atoms with Crippen molar-refractivity contribution in [2.45, 2.75) is 70.4 Å². The second-order valence-corrected chi connectivity index (χ2v) is 13.8. The second-order valence-electron chi connectivity index (χ2n) is 10.6. The first-order valence-corrected chi connectivity index (χ1v) is 14.9. The highest BCUT2D eigenvalue weighted by molar-refractivity contribution is 7.71. The Balaban J connectivity index is 1.50. The number of pyridine rings is 1. The molecule has 2 fully saturated rings. The normalized spacial score (nSPS) is 20.4. The summed E-state index contributed by atoms with van der Waals surface area (Å²) in [4.78, 5) is 13.3. The Morgan fingerprint density at radius 2 is 1.86 bits per heavy atom. The van der Waals surface area contributed by atoms with E-state index in [4.69, 9.17) is 0 Å². The number of hydrogen-bond donors (Lipinski definition) is 2. The predicted octanol–water partition coefficient (Wildman–Crippen LogP) is 6.07. The summed E-state index contributed by atoms with van der Waals surface area (Å²) in [6, 6.07) is 4.88. The number of nitrogens with zero attached hydrogens (tertiary/aromatic N) is 3. The van der Waals surface area contributed by atoms with Gasteiger partial charge in [-0.25, -0.2) is 14.4 Å². The minimum atomic E-state index is -3.76. The van der Waals surface area contributed by atoms with Gasteiger partial charge in [-0.05, 0) is 64.5 Å². The fourth-order valence-electron chi connectivity index (χ4n) is 5.45. The Bertz CT molecular complexity index is 1380. The number of alkyl halides is 2. The SMILES string of the molecule is Cc1nc(N[C@H](C)c2cccc(C(F)(F)[C@@](C)(O)C3CCC3)c2F)c2cc(P3(=O)CCCC3)ncc2n1. The van der Waals surface area contributed by atoms with Crippen LogP contribution in [0.1, 0.15) is 68.9 Å². The molecule has 1 aliphatic heterocycles. The number of rotatable bonds is 7. The average Bonchev–Trinajstić information content (AvgIpc) is 3.24. The lowest BCUT2D eigenvalue weighted by molar-refractivity contribution is -0.218. The lowest BCUT2D eigenvalue weighted by atomic mass is 9.69. The minimum absolute atomic E-state index is 0.0314. The first-order valence-electron chi connectivity index (χ1n) is 12.8. The lowest BCUT2D eigenvalue weighted by Gasteiger charge is -2.43. The number of anilines is 1. The van der Waals surface area contributed by atoms with Crippen molar-refractivity contribution in [3.63, 3.8) is 0 Å². The third kappa shape index (κ3) is 4.44. The molecule has 2 N–H and O–H groups in total. The van der Waals surface area contributed by atoms with Crippen molar-refractivity contribution < 1.29 is 22.8 Å². The molecule has 1 saturated heterocycles. The molecule has 0 amide bonds. The van der Waals surface area contributed by atoms with Crippen molar-refractivity contribution in [1.82, 2.24) is 15.0 Å². The van der Waals surface area contributed by atoms with Crippen LogP contribution in [-0.4, -0.2) is 38.0 Å². The highest BCUT2D eigenvalue weighted by Crippen LogP contribution is 2.51. The van der Waals surface area contributed by atoms with Crippen LogP contribution in [0.3, 0.4) is 0 Å². The first kappa shape index (κ1) is 26.1. The van der Waals surface area contributed by atoms with E-state index in [-0.39, 0.29) is 5.56 Å². The van der Waals surface area contributed by atoms with Crippen molar-refractivity contribution in [3.8, 4) is 0 Å². The van der Waals surface area contributed by atoms with Crippen LogP contribution in [0, 0.1) is 18.7 Å². The predicted molar refractivity (Wildman–Crippen MR) is 139 cm³/mol. The topological polar surface area (TPSA) is 88.0 Å². The standard InChI is InChI=1S/C27H32F3N4O2P/c1-16(19-10-7-11-21(24(19)28)27(29,30)26(3,35)18-8-6-9-18)32-25-20-14-23(37(36)12-4-5-13-37)31-15-22(20)33-17(2)34-25/h7,10-11,14-16,18,35H,4-6,8-9,12-13H2,1-3H3,(H,32,33,34)/t16-,26+/m1/s1. The average molecular weight is 533 g/mol. The zero-order chi connectivity index (χ0) is 26.6. The molecule has 1 aliphatic carbocycles. The third-order valence-corrected chi connectivity index (χ3v) is 11.3. The van der Waals surface area contributed by atoms with E-state index < -0.39 is 42.0 Å². The van der Waals surface area contributed by atoms with Gasteiger partial charge in [-0.3, -0.25) is 4.98 Å². The fraction of sp³-hybridized carbons (Fsp3) is 0.519. The number of hydrogen-bond acceptors (Lipinski definition) is 6. The summed E-state index contributed by atoms with van der Waals surface area (Å²) in [5, 5.41) is 14.5. The van der Waals surface area contributed by atoms with Crippen LogP contribution < -0.4 is 10.8 Å². The first-order chi connectivity index (χ1) is 17.4. The van der Waals surface area contributed by atoms with Crippen molar-refractivity contribution >= 4 is 29.3 Å². The number of nitrogens with one attached hydrogen (secondary N) is 1. The Labute approximate surface area is 214 Å². The molecule has 0 unspecified atom stereocenters. The van der Waals surface area contributed by atoms with Gasteiger partial charge in [0.05, 0.1) is 23.3 Å². The maximum Gasteiger partial charge on any atom is 0.304 e. The Kier molecular flexibility index (Phi) is 6.60. The molecular weight excluding hydrogens is 500 g/mol. The zero-order valence-electron chi connectivity index (χ0n) is 21.3. The lowest BCUT2D eigenvalue weighted by Crippen LogP contribution is -2.52. The van der Waals surface area contributed by atoms with Crippen molar-refractivity contribution in [2.24, 2.45) is 5.92 Å². The van der Waals surface area contributed by atoms with E-state index in [0.717, 1.165) is 32.3 Å². The highest BCUT2D eigenvalue weighted by atomic mass is 31.2. The van der Waals surface area contributed by atoms with Crippen LogP contribution in [0.5, 0.6) is 0 Å². The molecule has 0 bridgehead atoms. The second kappa shape index (κ2) is 9.35. The van der Waals surface area contributed by atoms with E-state index in [1.54, 1.807) is 26.1 Å². The summed E-state index contributed by atoms with van der Waals surface area (Å²) in [6.45, 7) is 4.48. The van der Waals surface area contributed by atoms with Crippen LogP contribution in [-0.2, 0) is 10.5 Å². The Morgan fingerprint density at radius 3 is 2.51 bits per heavy atom. The van der Waals surface area contributed by atoms with Gasteiger partial charge in [0.25, 0.3) is 0 Å². The summed E-state index contributed by atoms with van der Waals surface area (Å²) in [5.74, 6) is -4.54. The van der Waals surface area contributed by atoms with E-state index in [1.165, 1.54) is 12.1 Å². The third-order valence-electron chi connectivity index (χ3n) is 8.11. The molecule has 2 atom stereocenters. The van der Waals surface area contributed by atoms with E-state index in [1.807, 2.05) is 0 Å². The van der Waals surface area contributed by atoms with Gasteiger partial charge in [-0.15, -0.1) is 0 Å². The molecule has 1 saturated carbocycles. The summed E-state index contributed by atoms with van der Waals surface area (Å²) in [6.07, 6.45) is 6.38. The molecule has 6 nitrogen and oxygen atoms in total. The van der Waals surface area contributed by atoms with Crippen LogP contribution >= 0.6 is 7.14 Å². The molecule has 0 radical (unpaired) electrons. The van der Waals surface area contributed by atoms with Gasteiger partial charge in [0.15, 0.2) is 0 Å². The number of halogens is 3. The minimum Gasteiger partial charge on any atom is -0.383 e. The molecule has 1 aromatic carbocycles. The molecule has 0 spiro atoms. The van der Waals surface area contributed by atoms with Crippen LogP contribution in [0.4, 0.5) is 19.0 Å². The number of fused-ring (bicyclic) bond motifs is 1. The maximum absolute atomic E-state index is 15.6. The Hall–Kier alpha value is -2.51. The number of aryl methyl sites for hydroxylation is 1. The fourth-order valence-corrected chi connectivity index (χ4v) is 8.24. The number of aromatic nitrogens is 3. The van der Waals surface area contributed by atoms with Gasteiger partial charge in [-0.1, -0.05) is 18.6 Å².